The second-order valence-corrected chi connectivity index (χ2v) is 5.73. The summed E-state index contributed by atoms with van der Waals surface area (Å²) >= 11 is 0. The minimum Gasteiger partial charge on any atom is -0.389 e. The van der Waals surface area contributed by atoms with Gasteiger partial charge in [-0.15, -0.1) is 0 Å². The average Bonchev–Trinajstić information content (AvgIpc) is 2.16. The molecule has 0 heterocycles. The van der Waals surface area contributed by atoms with Gasteiger partial charge < -0.3 is 5.11 Å². The third-order valence-electron chi connectivity index (χ3n) is 3.81. The fourth-order valence-corrected chi connectivity index (χ4v) is 2.36. The van der Waals surface area contributed by atoms with Gasteiger partial charge in [-0.2, -0.15) is 0 Å². The maximum atomic E-state index is 10.7. The molecule has 1 aromatic carbocycles. The van der Waals surface area contributed by atoms with Crippen molar-refractivity contribution in [1.29, 1.82) is 0 Å². The van der Waals surface area contributed by atoms with Gasteiger partial charge in [-0.05, 0) is 29.4 Å². The van der Waals surface area contributed by atoms with Gasteiger partial charge in [-0.25, -0.2) is 0 Å². The first-order valence-electron chi connectivity index (χ1n) is 5.72. The molecule has 0 aliphatic heterocycles. The smallest absolute Gasteiger partial charge is 0.0739 e. The monoisotopic (exact) mass is 204 g/mol. The number of hydrogen-bond acceptors (Lipinski definition) is 1. The Morgan fingerprint density at radius 3 is 2.33 bits per heavy atom. The van der Waals surface area contributed by atoms with Crippen LogP contribution >= 0.6 is 0 Å². The maximum Gasteiger partial charge on any atom is 0.0739 e. The molecule has 82 valence electrons. The van der Waals surface area contributed by atoms with E-state index >= 15 is 0 Å². The van der Waals surface area contributed by atoms with Crippen molar-refractivity contribution in [1.82, 2.24) is 0 Å². The highest BCUT2D eigenvalue weighted by atomic mass is 16.3. The van der Waals surface area contributed by atoms with E-state index in [2.05, 4.69) is 45.0 Å². The zero-order chi connectivity index (χ0) is 11.1. The Kier molecular flexibility index (Phi) is 2.38. The molecule has 1 N–H and O–H groups in total. The molecule has 0 amide bonds. The van der Waals surface area contributed by atoms with Crippen LogP contribution < -0.4 is 0 Å². The molecule has 1 aliphatic carbocycles. The molecule has 0 spiro atoms. The second-order valence-electron chi connectivity index (χ2n) is 5.73. The van der Waals surface area contributed by atoms with Crippen LogP contribution in [0.15, 0.2) is 24.3 Å². The Hall–Kier alpha value is -0.820. The van der Waals surface area contributed by atoms with Gasteiger partial charge in [0.05, 0.1) is 5.60 Å². The fraction of sp³-hybridized carbons (Fsp3) is 0.571. The van der Waals surface area contributed by atoms with E-state index in [-0.39, 0.29) is 5.41 Å². The lowest BCUT2D eigenvalue weighted by molar-refractivity contribution is -0.0679. The maximum absolute atomic E-state index is 10.7. The van der Waals surface area contributed by atoms with Crippen molar-refractivity contribution < 1.29 is 5.11 Å². The van der Waals surface area contributed by atoms with Crippen molar-refractivity contribution >= 4 is 0 Å². The van der Waals surface area contributed by atoms with Gasteiger partial charge in [-0.1, -0.05) is 45.0 Å². The number of aliphatic hydroxyl groups is 1. The SMILES string of the molecule is CC(C)(C)C1(O)CCc2ccccc2C1. The molecule has 0 saturated carbocycles. The van der Waals surface area contributed by atoms with Gasteiger partial charge in [0.2, 0.25) is 0 Å². The van der Waals surface area contributed by atoms with Crippen LogP contribution in [-0.4, -0.2) is 10.7 Å². The van der Waals surface area contributed by atoms with E-state index in [1.165, 1.54) is 11.1 Å². The first kappa shape index (κ1) is 10.7. The van der Waals surface area contributed by atoms with E-state index in [0.717, 1.165) is 19.3 Å². The van der Waals surface area contributed by atoms with Crippen LogP contribution in [0.3, 0.4) is 0 Å². The average molecular weight is 204 g/mol. The minimum absolute atomic E-state index is 0.0411. The first-order chi connectivity index (χ1) is 6.92. The zero-order valence-electron chi connectivity index (χ0n) is 9.88. The summed E-state index contributed by atoms with van der Waals surface area (Å²) in [5.41, 5.74) is 2.15. The molecule has 1 aliphatic rings. The summed E-state index contributed by atoms with van der Waals surface area (Å²) in [5.74, 6) is 0. The summed E-state index contributed by atoms with van der Waals surface area (Å²) in [6.07, 6.45) is 2.68. The normalized spacial score (nSPS) is 26.1. The molecule has 0 saturated heterocycles. The van der Waals surface area contributed by atoms with Gasteiger partial charge in [0.1, 0.15) is 0 Å². The van der Waals surface area contributed by atoms with Crippen LogP contribution in [0.5, 0.6) is 0 Å². The molecule has 15 heavy (non-hydrogen) atoms. The lowest BCUT2D eigenvalue weighted by Crippen LogP contribution is -2.47. The molecular weight excluding hydrogens is 184 g/mol. The number of hydrogen-bond donors (Lipinski definition) is 1. The van der Waals surface area contributed by atoms with Gasteiger partial charge in [0.15, 0.2) is 0 Å². The van der Waals surface area contributed by atoms with Crippen molar-refractivity contribution in [3.8, 4) is 0 Å². The summed E-state index contributed by atoms with van der Waals surface area (Å²) in [4.78, 5) is 0. The van der Waals surface area contributed by atoms with Crippen molar-refractivity contribution in [2.75, 3.05) is 0 Å². The predicted octanol–water partition coefficient (Wildman–Crippen LogP) is 2.95. The number of rotatable bonds is 0. The van der Waals surface area contributed by atoms with E-state index in [1.807, 2.05) is 0 Å². The topological polar surface area (TPSA) is 20.2 Å². The summed E-state index contributed by atoms with van der Waals surface area (Å²) < 4.78 is 0. The van der Waals surface area contributed by atoms with Gasteiger partial charge in [0, 0.05) is 6.42 Å². The predicted molar refractivity (Wildman–Crippen MR) is 62.9 cm³/mol. The quantitative estimate of drug-likeness (QED) is 0.689. The highest BCUT2D eigenvalue weighted by molar-refractivity contribution is 5.32. The number of benzene rings is 1. The van der Waals surface area contributed by atoms with Crippen molar-refractivity contribution in [2.24, 2.45) is 5.41 Å². The summed E-state index contributed by atoms with van der Waals surface area (Å²) in [7, 11) is 0. The van der Waals surface area contributed by atoms with Gasteiger partial charge in [0.25, 0.3) is 0 Å². The first-order valence-corrected chi connectivity index (χ1v) is 5.72. The molecular formula is C14H20O. The summed E-state index contributed by atoms with van der Waals surface area (Å²) in [6, 6.07) is 8.47. The Balaban J connectivity index is 2.33. The number of aryl methyl sites for hydroxylation is 1. The van der Waals surface area contributed by atoms with Crippen LogP contribution in [0.25, 0.3) is 0 Å². The second kappa shape index (κ2) is 3.34. The molecule has 1 unspecified atom stereocenters. The van der Waals surface area contributed by atoms with E-state index in [9.17, 15) is 5.11 Å². The third kappa shape index (κ3) is 1.81. The van der Waals surface area contributed by atoms with Crippen molar-refractivity contribution in [2.45, 2.75) is 45.6 Å². The Labute approximate surface area is 92.1 Å². The van der Waals surface area contributed by atoms with Crippen LogP contribution in [0.4, 0.5) is 0 Å². The molecule has 1 aromatic rings. The molecule has 1 atom stereocenters. The molecule has 1 nitrogen and oxygen atoms in total. The van der Waals surface area contributed by atoms with E-state index in [4.69, 9.17) is 0 Å². The van der Waals surface area contributed by atoms with Crippen molar-refractivity contribution in [3.63, 3.8) is 0 Å². The molecule has 0 radical (unpaired) electrons. The highest BCUT2D eigenvalue weighted by Gasteiger charge is 2.41. The van der Waals surface area contributed by atoms with E-state index in [0.29, 0.717) is 0 Å². The largest absolute Gasteiger partial charge is 0.389 e. The standard InChI is InChI=1S/C14H20O/c1-13(2,3)14(15)9-8-11-6-4-5-7-12(11)10-14/h4-7,15H,8-10H2,1-3H3. The van der Waals surface area contributed by atoms with Crippen LogP contribution in [-0.2, 0) is 12.8 Å². The Morgan fingerprint density at radius 1 is 1.13 bits per heavy atom. The summed E-state index contributed by atoms with van der Waals surface area (Å²) in [6.45, 7) is 6.38. The Morgan fingerprint density at radius 2 is 1.73 bits per heavy atom. The molecule has 2 rings (SSSR count). The highest BCUT2D eigenvalue weighted by Crippen LogP contribution is 2.40. The Bertz CT molecular complexity index is 362. The van der Waals surface area contributed by atoms with Gasteiger partial charge in [-0.3, -0.25) is 0 Å². The molecule has 0 fully saturated rings. The van der Waals surface area contributed by atoms with Crippen LogP contribution in [0.2, 0.25) is 0 Å². The molecule has 0 aromatic heterocycles. The lowest BCUT2D eigenvalue weighted by Gasteiger charge is -2.43. The third-order valence-corrected chi connectivity index (χ3v) is 3.81. The molecule has 0 bridgehead atoms. The van der Waals surface area contributed by atoms with Gasteiger partial charge >= 0.3 is 0 Å². The lowest BCUT2D eigenvalue weighted by atomic mass is 9.67. The summed E-state index contributed by atoms with van der Waals surface area (Å²) in [5, 5.41) is 10.7. The molecule has 1 heteroatoms. The van der Waals surface area contributed by atoms with Crippen LogP contribution in [0, 0.1) is 5.41 Å². The van der Waals surface area contributed by atoms with Crippen molar-refractivity contribution in [3.05, 3.63) is 35.4 Å². The van der Waals surface area contributed by atoms with E-state index < -0.39 is 5.60 Å². The zero-order valence-corrected chi connectivity index (χ0v) is 9.88. The minimum atomic E-state index is -0.540. The van der Waals surface area contributed by atoms with E-state index in [1.54, 1.807) is 0 Å². The fourth-order valence-electron chi connectivity index (χ4n) is 2.36. The van der Waals surface area contributed by atoms with Crippen LogP contribution in [0.1, 0.15) is 38.3 Å². The number of fused-ring (bicyclic) bond motifs is 1.